The van der Waals surface area contributed by atoms with Crippen LogP contribution in [0.3, 0.4) is 0 Å². The van der Waals surface area contributed by atoms with Gasteiger partial charge in [-0.2, -0.15) is 0 Å². The van der Waals surface area contributed by atoms with Crippen molar-refractivity contribution in [3.8, 4) is 0 Å². The van der Waals surface area contributed by atoms with Crippen LogP contribution in [0, 0.1) is 5.92 Å². The summed E-state index contributed by atoms with van der Waals surface area (Å²) in [6.45, 7) is 6.89. The highest BCUT2D eigenvalue weighted by atomic mass is 16.5. The Labute approximate surface area is 205 Å². The maximum absolute atomic E-state index is 5.48. The third-order valence-corrected chi connectivity index (χ3v) is 7.77. The molecule has 3 heterocycles. The van der Waals surface area contributed by atoms with Crippen LogP contribution in [-0.2, 0) is 24.1 Å². The number of aromatic nitrogens is 1. The summed E-state index contributed by atoms with van der Waals surface area (Å²) in [4.78, 5) is 7.52. The molecule has 2 aliphatic heterocycles. The highest BCUT2D eigenvalue weighted by molar-refractivity contribution is 5.30. The van der Waals surface area contributed by atoms with Gasteiger partial charge in [-0.05, 0) is 73.7 Å². The third-order valence-electron chi connectivity index (χ3n) is 7.77. The molecular formula is C29H40N4O. The van der Waals surface area contributed by atoms with Gasteiger partial charge in [0.2, 0.25) is 0 Å². The number of hydrogen-bond acceptors (Lipinski definition) is 5. The van der Waals surface area contributed by atoms with E-state index in [4.69, 9.17) is 9.72 Å². The van der Waals surface area contributed by atoms with Crippen LogP contribution in [0.1, 0.15) is 54.1 Å². The molecule has 1 aliphatic carbocycles. The second-order valence-corrected chi connectivity index (χ2v) is 10.1. The molecule has 2 N–H and O–H groups in total. The first-order valence-corrected chi connectivity index (χ1v) is 13.3. The van der Waals surface area contributed by atoms with E-state index in [9.17, 15) is 0 Å². The number of ether oxygens (including phenoxy) is 1. The minimum atomic E-state index is 0.406. The van der Waals surface area contributed by atoms with Crippen LogP contribution in [-0.4, -0.2) is 55.3 Å². The Morgan fingerprint density at radius 2 is 1.88 bits per heavy atom. The zero-order chi connectivity index (χ0) is 23.0. The first-order chi connectivity index (χ1) is 16.9. The summed E-state index contributed by atoms with van der Waals surface area (Å²) < 4.78 is 5.48. The second kappa shape index (κ2) is 12.1. The molecule has 3 aliphatic rings. The van der Waals surface area contributed by atoms with E-state index in [1.165, 1.54) is 48.1 Å². The molecule has 1 aromatic carbocycles. The fraction of sp³-hybridized carbons (Fsp3) is 0.552. The lowest BCUT2D eigenvalue weighted by molar-refractivity contribution is 0.0666. The Hall–Kier alpha value is -2.05. The predicted octanol–water partition coefficient (Wildman–Crippen LogP) is 4.05. The summed E-state index contributed by atoms with van der Waals surface area (Å²) in [6.07, 6.45) is 13.7. The average Bonchev–Trinajstić information content (AvgIpc) is 2.90. The Bertz CT molecular complexity index is 939. The van der Waals surface area contributed by atoms with Gasteiger partial charge in [0.25, 0.3) is 0 Å². The molecule has 182 valence electrons. The van der Waals surface area contributed by atoms with Crippen LogP contribution in [0.5, 0.6) is 0 Å². The van der Waals surface area contributed by atoms with Crippen molar-refractivity contribution >= 4 is 0 Å². The molecule has 1 aromatic heterocycles. The lowest BCUT2D eigenvalue weighted by Gasteiger charge is -2.38. The zero-order valence-electron chi connectivity index (χ0n) is 20.4. The van der Waals surface area contributed by atoms with Crippen molar-refractivity contribution in [3.63, 3.8) is 0 Å². The van der Waals surface area contributed by atoms with E-state index >= 15 is 0 Å². The largest absolute Gasteiger partial charge is 0.381 e. The van der Waals surface area contributed by atoms with Crippen LogP contribution in [0.15, 0.2) is 54.7 Å². The van der Waals surface area contributed by atoms with Crippen molar-refractivity contribution in [2.75, 3.05) is 39.4 Å². The lowest BCUT2D eigenvalue weighted by Crippen LogP contribution is -2.46. The quantitative estimate of drug-likeness (QED) is 0.437. The second-order valence-electron chi connectivity index (χ2n) is 10.1. The van der Waals surface area contributed by atoms with Crippen molar-refractivity contribution in [1.29, 1.82) is 0 Å². The molecule has 0 saturated carbocycles. The summed E-state index contributed by atoms with van der Waals surface area (Å²) in [7, 11) is 0. The summed E-state index contributed by atoms with van der Waals surface area (Å²) in [5.41, 5.74) is 5.69. The van der Waals surface area contributed by atoms with Gasteiger partial charge >= 0.3 is 0 Å². The number of benzene rings is 1. The molecule has 0 radical (unpaired) electrons. The smallest absolute Gasteiger partial charge is 0.0607 e. The van der Waals surface area contributed by atoms with Gasteiger partial charge in [0, 0.05) is 51.6 Å². The van der Waals surface area contributed by atoms with Crippen molar-refractivity contribution in [1.82, 2.24) is 20.5 Å². The van der Waals surface area contributed by atoms with E-state index in [2.05, 4.69) is 64.1 Å². The molecule has 1 saturated heterocycles. The Morgan fingerprint density at radius 1 is 1.03 bits per heavy atom. The fourth-order valence-corrected chi connectivity index (χ4v) is 5.82. The highest BCUT2D eigenvalue weighted by Crippen LogP contribution is 2.33. The molecule has 2 atom stereocenters. The van der Waals surface area contributed by atoms with Crippen LogP contribution in [0.25, 0.3) is 0 Å². The zero-order valence-corrected chi connectivity index (χ0v) is 20.4. The van der Waals surface area contributed by atoms with Crippen LogP contribution < -0.4 is 10.6 Å². The highest BCUT2D eigenvalue weighted by Gasteiger charge is 2.29. The summed E-state index contributed by atoms with van der Waals surface area (Å²) in [5, 5.41) is 7.44. The van der Waals surface area contributed by atoms with Crippen molar-refractivity contribution in [3.05, 3.63) is 77.1 Å². The number of fused-ring (bicyclic) bond motifs is 2. The maximum Gasteiger partial charge on any atom is 0.0607 e. The minimum Gasteiger partial charge on any atom is -0.381 e. The molecule has 2 unspecified atom stereocenters. The van der Waals surface area contributed by atoms with E-state index in [1.807, 2.05) is 6.20 Å². The van der Waals surface area contributed by atoms with Crippen molar-refractivity contribution in [2.45, 2.75) is 57.2 Å². The SMILES string of the molecule is C(=C\CN(CC1Cc2ccccc2CN1)C1CCCc2cccnc21)/CNCC1CCOCC1. The van der Waals surface area contributed by atoms with Crippen LogP contribution in [0.2, 0.25) is 0 Å². The average molecular weight is 461 g/mol. The molecular weight excluding hydrogens is 420 g/mol. The maximum atomic E-state index is 5.48. The number of nitrogens with one attached hydrogen (secondary N) is 2. The number of pyridine rings is 1. The standard InChI is InChI=1S/C29H40N4O/c1-2-8-26-21-32-27(19-25(26)7-1)22-33(28-11-5-9-24-10-6-15-31-29(24)28)16-4-3-14-30-20-23-12-17-34-18-13-23/h1-4,6-8,10,15,23,27-28,30,32H,5,9,11-14,16-22H2/b4-3+. The predicted molar refractivity (Wildman–Crippen MR) is 138 cm³/mol. The van der Waals surface area contributed by atoms with Gasteiger partial charge in [0.05, 0.1) is 11.7 Å². The molecule has 0 spiro atoms. The van der Waals surface area contributed by atoms with E-state index in [-0.39, 0.29) is 0 Å². The van der Waals surface area contributed by atoms with E-state index in [0.717, 1.165) is 64.7 Å². The van der Waals surface area contributed by atoms with Gasteiger partial charge in [-0.3, -0.25) is 9.88 Å². The number of nitrogens with zero attached hydrogens (tertiary/aromatic N) is 2. The fourth-order valence-electron chi connectivity index (χ4n) is 5.82. The van der Waals surface area contributed by atoms with E-state index in [1.54, 1.807) is 0 Å². The summed E-state index contributed by atoms with van der Waals surface area (Å²) in [6, 6.07) is 14.1. The van der Waals surface area contributed by atoms with Crippen molar-refractivity contribution < 1.29 is 4.74 Å². The monoisotopic (exact) mass is 460 g/mol. The van der Waals surface area contributed by atoms with Gasteiger partial charge in [0.15, 0.2) is 0 Å². The molecule has 5 rings (SSSR count). The Morgan fingerprint density at radius 3 is 2.79 bits per heavy atom. The summed E-state index contributed by atoms with van der Waals surface area (Å²) in [5.74, 6) is 0.767. The molecule has 0 bridgehead atoms. The van der Waals surface area contributed by atoms with E-state index in [0.29, 0.717) is 12.1 Å². The van der Waals surface area contributed by atoms with Crippen LogP contribution >= 0.6 is 0 Å². The number of aryl methyl sites for hydroxylation is 1. The van der Waals surface area contributed by atoms with E-state index < -0.39 is 0 Å². The van der Waals surface area contributed by atoms with Crippen molar-refractivity contribution in [2.24, 2.45) is 5.92 Å². The first-order valence-electron chi connectivity index (χ1n) is 13.3. The Kier molecular flexibility index (Phi) is 8.41. The molecule has 0 amide bonds. The summed E-state index contributed by atoms with van der Waals surface area (Å²) >= 11 is 0. The Balaban J connectivity index is 1.21. The molecule has 5 heteroatoms. The van der Waals surface area contributed by atoms with Gasteiger partial charge in [-0.15, -0.1) is 0 Å². The molecule has 34 heavy (non-hydrogen) atoms. The lowest BCUT2D eigenvalue weighted by atomic mass is 9.89. The molecule has 1 fully saturated rings. The number of hydrogen-bond donors (Lipinski definition) is 2. The third kappa shape index (κ3) is 6.14. The molecule has 5 nitrogen and oxygen atoms in total. The molecule has 2 aromatic rings. The minimum absolute atomic E-state index is 0.406. The normalized spacial score (nSPS) is 23.2. The first kappa shape index (κ1) is 23.7. The van der Waals surface area contributed by atoms with Gasteiger partial charge in [0.1, 0.15) is 0 Å². The topological polar surface area (TPSA) is 49.4 Å². The van der Waals surface area contributed by atoms with Gasteiger partial charge in [-0.25, -0.2) is 0 Å². The van der Waals surface area contributed by atoms with Crippen LogP contribution in [0.4, 0.5) is 0 Å². The van der Waals surface area contributed by atoms with Gasteiger partial charge < -0.3 is 15.4 Å². The van der Waals surface area contributed by atoms with Gasteiger partial charge in [-0.1, -0.05) is 42.5 Å². The number of rotatable bonds is 9.